The largest absolute Gasteiger partial charge is 0.389 e. The van der Waals surface area contributed by atoms with Crippen LogP contribution in [-0.4, -0.2) is 15.1 Å². The van der Waals surface area contributed by atoms with Crippen molar-refractivity contribution in [1.29, 1.82) is 0 Å². The number of pyridine rings is 2. The van der Waals surface area contributed by atoms with E-state index in [0.29, 0.717) is 5.15 Å². The van der Waals surface area contributed by atoms with Gasteiger partial charge in [0.15, 0.2) is 0 Å². The van der Waals surface area contributed by atoms with Gasteiger partial charge in [-0.2, -0.15) is 0 Å². The van der Waals surface area contributed by atoms with E-state index in [-0.39, 0.29) is 0 Å². The summed E-state index contributed by atoms with van der Waals surface area (Å²) in [6, 6.07) is 3.59. The number of halogens is 1. The molecule has 0 aromatic carbocycles. The van der Waals surface area contributed by atoms with Crippen molar-refractivity contribution in [3.05, 3.63) is 35.2 Å². The highest BCUT2D eigenvalue weighted by Gasteiger charge is 2.03. The van der Waals surface area contributed by atoms with Gasteiger partial charge in [0.2, 0.25) is 0 Å². The zero-order valence-electron chi connectivity index (χ0n) is 7.61. The Morgan fingerprint density at radius 3 is 2.79 bits per heavy atom. The van der Waals surface area contributed by atoms with Crippen molar-refractivity contribution in [1.82, 2.24) is 9.97 Å². The Bertz CT molecular complexity index is 471. The summed E-state index contributed by atoms with van der Waals surface area (Å²) in [5, 5.41) is 10.7. The van der Waals surface area contributed by atoms with Crippen LogP contribution < -0.4 is 0 Å². The third kappa shape index (κ3) is 1.69. The summed E-state index contributed by atoms with van der Waals surface area (Å²) in [6.45, 7) is 1.70. The van der Waals surface area contributed by atoms with Crippen LogP contribution in [-0.2, 0) is 0 Å². The van der Waals surface area contributed by atoms with E-state index in [0.717, 1.165) is 16.5 Å². The Balaban J connectivity index is 2.63. The zero-order valence-corrected chi connectivity index (χ0v) is 8.36. The molecular formula is C10H9ClN2O. The molecule has 2 heterocycles. The molecule has 0 saturated carbocycles. The third-order valence-electron chi connectivity index (χ3n) is 2.04. The van der Waals surface area contributed by atoms with E-state index < -0.39 is 6.10 Å². The average Bonchev–Trinajstić information content (AvgIpc) is 2.16. The summed E-state index contributed by atoms with van der Waals surface area (Å²) in [6.07, 6.45) is 2.74. The molecule has 2 aromatic heterocycles. The van der Waals surface area contributed by atoms with Gasteiger partial charge in [-0.15, -0.1) is 0 Å². The van der Waals surface area contributed by atoms with Crippen molar-refractivity contribution in [3.8, 4) is 0 Å². The molecule has 14 heavy (non-hydrogen) atoms. The second-order valence-electron chi connectivity index (χ2n) is 3.14. The van der Waals surface area contributed by atoms with Crippen LogP contribution in [0.2, 0.25) is 5.15 Å². The van der Waals surface area contributed by atoms with Gasteiger partial charge < -0.3 is 5.11 Å². The molecule has 0 unspecified atom stereocenters. The Kier molecular flexibility index (Phi) is 2.35. The summed E-state index contributed by atoms with van der Waals surface area (Å²) >= 11 is 5.75. The summed E-state index contributed by atoms with van der Waals surface area (Å²) in [5.41, 5.74) is 1.55. The summed E-state index contributed by atoms with van der Waals surface area (Å²) in [7, 11) is 0. The van der Waals surface area contributed by atoms with Gasteiger partial charge >= 0.3 is 0 Å². The molecule has 1 N–H and O–H groups in total. The van der Waals surface area contributed by atoms with Gasteiger partial charge in [-0.05, 0) is 24.6 Å². The molecule has 0 aliphatic heterocycles. The lowest BCUT2D eigenvalue weighted by Crippen LogP contribution is -1.92. The molecule has 0 aliphatic carbocycles. The van der Waals surface area contributed by atoms with Crippen molar-refractivity contribution in [3.63, 3.8) is 0 Å². The molecule has 0 saturated heterocycles. The Morgan fingerprint density at radius 1 is 1.29 bits per heavy atom. The number of fused-ring (bicyclic) bond motifs is 1. The first kappa shape index (κ1) is 9.37. The minimum atomic E-state index is -0.515. The number of aromatic nitrogens is 2. The molecule has 0 aliphatic rings. The van der Waals surface area contributed by atoms with Gasteiger partial charge in [0.25, 0.3) is 0 Å². The van der Waals surface area contributed by atoms with Crippen LogP contribution in [0.3, 0.4) is 0 Å². The third-order valence-corrected chi connectivity index (χ3v) is 2.24. The van der Waals surface area contributed by atoms with Crippen LogP contribution in [0.5, 0.6) is 0 Å². The van der Waals surface area contributed by atoms with E-state index in [2.05, 4.69) is 9.97 Å². The predicted octanol–water partition coefficient (Wildman–Crippen LogP) is 2.34. The maximum Gasteiger partial charge on any atom is 0.129 e. The summed E-state index contributed by atoms with van der Waals surface area (Å²) in [4.78, 5) is 8.08. The molecule has 3 nitrogen and oxygen atoms in total. The second kappa shape index (κ2) is 3.52. The quantitative estimate of drug-likeness (QED) is 0.732. The zero-order chi connectivity index (χ0) is 10.1. The first-order valence-electron chi connectivity index (χ1n) is 4.26. The molecule has 0 spiro atoms. The maximum atomic E-state index is 9.36. The number of hydrogen-bond acceptors (Lipinski definition) is 3. The molecule has 0 amide bonds. The molecule has 2 aromatic rings. The van der Waals surface area contributed by atoms with Crippen LogP contribution in [0.4, 0.5) is 0 Å². The number of nitrogens with zero attached hydrogens (tertiary/aromatic N) is 2. The van der Waals surface area contributed by atoms with Gasteiger partial charge in [0, 0.05) is 11.6 Å². The van der Waals surface area contributed by atoms with Crippen molar-refractivity contribution in [2.24, 2.45) is 0 Å². The standard InChI is InChI=1S/C10H9ClN2O/c1-6(14)8-2-7-3-10(11)13-5-9(7)12-4-8/h2-6,14H,1H3/t6-/m1/s1. The summed E-state index contributed by atoms with van der Waals surface area (Å²) < 4.78 is 0. The monoisotopic (exact) mass is 208 g/mol. The predicted molar refractivity (Wildman–Crippen MR) is 55.2 cm³/mol. The molecule has 0 bridgehead atoms. The van der Waals surface area contributed by atoms with Gasteiger partial charge in [0.05, 0.1) is 17.8 Å². The van der Waals surface area contributed by atoms with Gasteiger partial charge in [0.1, 0.15) is 5.15 Å². The first-order valence-corrected chi connectivity index (χ1v) is 4.64. The molecule has 4 heteroatoms. The smallest absolute Gasteiger partial charge is 0.129 e. The minimum Gasteiger partial charge on any atom is -0.389 e. The molecule has 0 radical (unpaired) electrons. The van der Waals surface area contributed by atoms with E-state index in [1.54, 1.807) is 25.4 Å². The van der Waals surface area contributed by atoms with Crippen LogP contribution in [0.25, 0.3) is 10.9 Å². The highest BCUT2D eigenvalue weighted by molar-refractivity contribution is 6.30. The van der Waals surface area contributed by atoms with Crippen molar-refractivity contribution in [2.45, 2.75) is 13.0 Å². The van der Waals surface area contributed by atoms with Crippen LogP contribution in [0, 0.1) is 0 Å². The fraction of sp³-hybridized carbons (Fsp3) is 0.200. The lowest BCUT2D eigenvalue weighted by molar-refractivity contribution is 0.199. The highest BCUT2D eigenvalue weighted by atomic mass is 35.5. The van der Waals surface area contributed by atoms with E-state index in [4.69, 9.17) is 11.6 Å². The molecule has 1 atom stereocenters. The van der Waals surface area contributed by atoms with E-state index in [1.165, 1.54) is 0 Å². The Hall–Kier alpha value is -1.19. The molecule has 72 valence electrons. The Morgan fingerprint density at radius 2 is 2.07 bits per heavy atom. The SMILES string of the molecule is C[C@@H](O)c1cnc2cnc(Cl)cc2c1. The van der Waals surface area contributed by atoms with Gasteiger partial charge in [-0.25, -0.2) is 4.98 Å². The van der Waals surface area contributed by atoms with Gasteiger partial charge in [-0.1, -0.05) is 11.6 Å². The van der Waals surface area contributed by atoms with Crippen LogP contribution >= 0.6 is 11.6 Å². The van der Waals surface area contributed by atoms with E-state index >= 15 is 0 Å². The van der Waals surface area contributed by atoms with Crippen molar-refractivity contribution >= 4 is 22.5 Å². The van der Waals surface area contributed by atoms with E-state index in [9.17, 15) is 5.11 Å². The fourth-order valence-electron chi connectivity index (χ4n) is 1.25. The highest BCUT2D eigenvalue weighted by Crippen LogP contribution is 2.19. The normalized spacial score (nSPS) is 13.1. The number of aliphatic hydroxyl groups excluding tert-OH is 1. The average molecular weight is 209 g/mol. The Labute approximate surface area is 86.4 Å². The number of rotatable bonds is 1. The van der Waals surface area contributed by atoms with Crippen LogP contribution in [0.1, 0.15) is 18.6 Å². The van der Waals surface area contributed by atoms with Crippen molar-refractivity contribution < 1.29 is 5.11 Å². The fourth-order valence-corrected chi connectivity index (χ4v) is 1.42. The van der Waals surface area contributed by atoms with E-state index in [1.807, 2.05) is 6.07 Å². The van der Waals surface area contributed by atoms with Gasteiger partial charge in [-0.3, -0.25) is 4.98 Å². The minimum absolute atomic E-state index is 0.432. The number of aliphatic hydroxyl groups is 1. The number of hydrogen-bond donors (Lipinski definition) is 1. The lowest BCUT2D eigenvalue weighted by atomic mass is 10.1. The molecule has 2 rings (SSSR count). The lowest BCUT2D eigenvalue weighted by Gasteiger charge is -2.04. The summed E-state index contributed by atoms with van der Waals surface area (Å²) in [5.74, 6) is 0. The maximum absolute atomic E-state index is 9.36. The van der Waals surface area contributed by atoms with Crippen LogP contribution in [0.15, 0.2) is 24.5 Å². The topological polar surface area (TPSA) is 46.0 Å². The van der Waals surface area contributed by atoms with Crippen molar-refractivity contribution in [2.75, 3.05) is 0 Å². The first-order chi connectivity index (χ1) is 6.66. The second-order valence-corrected chi connectivity index (χ2v) is 3.53. The molecule has 0 fully saturated rings. The molecular weight excluding hydrogens is 200 g/mol.